The van der Waals surface area contributed by atoms with E-state index in [1.807, 2.05) is 16.9 Å². The average molecular weight is 559 g/mol. The maximum atomic E-state index is 13.9. The number of carbonyl (C=O) groups excluding carboxylic acids is 2. The highest BCUT2D eigenvalue weighted by Crippen LogP contribution is 2.38. The van der Waals surface area contributed by atoms with Gasteiger partial charge in [-0.25, -0.2) is 15.0 Å². The van der Waals surface area contributed by atoms with Crippen LogP contribution in [0, 0.1) is 11.3 Å². The van der Waals surface area contributed by atoms with Gasteiger partial charge >= 0.3 is 0 Å². The number of anilines is 1. The molecule has 0 saturated heterocycles. The number of oxazole rings is 1. The monoisotopic (exact) mass is 558 g/mol. The third kappa shape index (κ3) is 5.58. The summed E-state index contributed by atoms with van der Waals surface area (Å²) < 4.78 is 7.23. The van der Waals surface area contributed by atoms with Crippen LogP contribution in [-0.4, -0.2) is 48.5 Å². The van der Waals surface area contributed by atoms with Crippen LogP contribution in [0.3, 0.4) is 0 Å². The minimum atomic E-state index is -1.06. The molecule has 0 radical (unpaired) electrons. The van der Waals surface area contributed by atoms with Crippen LogP contribution in [0.5, 0.6) is 0 Å². The summed E-state index contributed by atoms with van der Waals surface area (Å²) in [6.45, 7) is 0. The largest absolute Gasteiger partial charge is 0.444 e. The van der Waals surface area contributed by atoms with Gasteiger partial charge in [-0.1, -0.05) is 0 Å². The van der Waals surface area contributed by atoms with Crippen molar-refractivity contribution >= 4 is 29.1 Å². The van der Waals surface area contributed by atoms with Gasteiger partial charge in [0.15, 0.2) is 12.2 Å². The van der Waals surface area contributed by atoms with E-state index in [1.165, 1.54) is 30.0 Å². The molecule has 1 aliphatic rings. The number of carbonyl (C=O) groups is 2. The first-order valence-electron chi connectivity index (χ1n) is 12.8. The van der Waals surface area contributed by atoms with Crippen LogP contribution < -0.4 is 10.2 Å². The second-order valence-corrected chi connectivity index (χ2v) is 9.94. The molecule has 1 saturated carbocycles. The topological polar surface area (TPSA) is 143 Å². The predicted molar refractivity (Wildman–Crippen MR) is 146 cm³/mol. The van der Waals surface area contributed by atoms with Gasteiger partial charge in [-0.3, -0.25) is 19.2 Å². The molecular formula is C28H27ClN8O3. The Balaban J connectivity index is 1.40. The Labute approximate surface area is 235 Å². The van der Waals surface area contributed by atoms with Crippen LogP contribution >= 0.6 is 11.6 Å². The van der Waals surface area contributed by atoms with E-state index in [4.69, 9.17) is 16.0 Å². The lowest BCUT2D eigenvalue weighted by atomic mass is 9.77. The van der Waals surface area contributed by atoms with Gasteiger partial charge in [0.1, 0.15) is 18.2 Å². The number of nitriles is 1. The summed E-state index contributed by atoms with van der Waals surface area (Å²) in [6, 6.07) is 9.97. The van der Waals surface area contributed by atoms with Crippen LogP contribution in [0.2, 0.25) is 0 Å². The number of nitrogens with one attached hydrogen (secondary N) is 1. The molecule has 1 fully saturated rings. The Kier molecular flexibility index (Phi) is 8.17. The number of aromatic nitrogens is 5. The molecule has 1 N–H and O–H groups in total. The minimum Gasteiger partial charge on any atom is -0.444 e. The van der Waals surface area contributed by atoms with Crippen LogP contribution in [0.25, 0.3) is 11.3 Å². The summed E-state index contributed by atoms with van der Waals surface area (Å²) in [6.07, 6.45) is 13.9. The molecule has 1 aliphatic carbocycles. The Morgan fingerprint density at radius 3 is 2.52 bits per heavy atom. The first-order valence-corrected chi connectivity index (χ1v) is 13.4. The summed E-state index contributed by atoms with van der Waals surface area (Å²) >= 11 is 6.04. The first kappa shape index (κ1) is 27.0. The molecule has 40 heavy (non-hydrogen) atoms. The second-order valence-electron chi connectivity index (χ2n) is 9.68. The van der Waals surface area contributed by atoms with Gasteiger partial charge < -0.3 is 9.73 Å². The summed E-state index contributed by atoms with van der Waals surface area (Å²) in [7, 11) is 0. The lowest BCUT2D eigenvalue weighted by Crippen LogP contribution is -2.50. The fourth-order valence-electron chi connectivity index (χ4n) is 5.28. The Hall–Kier alpha value is -4.56. The highest BCUT2D eigenvalue weighted by Gasteiger charge is 2.39. The molecule has 0 unspecified atom stereocenters. The van der Waals surface area contributed by atoms with Crippen molar-refractivity contribution in [1.82, 2.24) is 30.0 Å². The molecule has 5 rings (SSSR count). The predicted octanol–water partition coefficient (Wildman–Crippen LogP) is 4.01. The van der Waals surface area contributed by atoms with E-state index in [9.17, 15) is 14.9 Å². The summed E-state index contributed by atoms with van der Waals surface area (Å²) in [5, 5.41) is 17.0. The van der Waals surface area contributed by atoms with E-state index in [1.54, 1.807) is 36.7 Å². The van der Waals surface area contributed by atoms with Gasteiger partial charge in [-0.15, -0.1) is 11.6 Å². The molecule has 1 atom stereocenters. The minimum absolute atomic E-state index is 0.149. The molecule has 12 heteroatoms. The number of hydrogen-bond acceptors (Lipinski definition) is 8. The van der Waals surface area contributed by atoms with Crippen LogP contribution in [0.4, 0.5) is 5.69 Å². The third-order valence-corrected chi connectivity index (χ3v) is 7.54. The number of nitrogens with zero attached hydrogens (tertiary/aromatic N) is 7. The number of hydrogen-bond donors (Lipinski definition) is 1. The summed E-state index contributed by atoms with van der Waals surface area (Å²) in [5.74, 6) is -0.573. The number of halogens is 1. The molecule has 0 aliphatic heterocycles. The fourth-order valence-corrected chi connectivity index (χ4v) is 5.41. The van der Waals surface area contributed by atoms with E-state index in [-0.39, 0.29) is 17.8 Å². The summed E-state index contributed by atoms with van der Waals surface area (Å²) in [4.78, 5) is 40.6. The Morgan fingerprint density at radius 2 is 1.93 bits per heavy atom. The third-order valence-electron chi connectivity index (χ3n) is 7.31. The molecule has 3 aromatic heterocycles. The first-order chi connectivity index (χ1) is 19.5. The highest BCUT2D eigenvalue weighted by molar-refractivity contribution is 6.29. The zero-order valence-electron chi connectivity index (χ0n) is 21.6. The summed E-state index contributed by atoms with van der Waals surface area (Å²) in [5.41, 5.74) is 1.29. The number of benzene rings is 1. The average Bonchev–Trinajstić information content (AvgIpc) is 3.73. The molecule has 0 bridgehead atoms. The van der Waals surface area contributed by atoms with Crippen molar-refractivity contribution in [2.24, 2.45) is 0 Å². The number of rotatable bonds is 9. The zero-order valence-corrected chi connectivity index (χ0v) is 22.3. The van der Waals surface area contributed by atoms with E-state index in [0.717, 1.165) is 5.56 Å². The molecule has 3 heterocycles. The maximum Gasteiger partial charge on any atom is 0.248 e. The van der Waals surface area contributed by atoms with E-state index in [0.29, 0.717) is 49.1 Å². The van der Waals surface area contributed by atoms with E-state index < -0.39 is 17.5 Å². The molecule has 2 amide bonds. The SMILES string of the molecule is N#CCC1(n2cccn2)CCC(NC(=O)[C@@H](c2cncnc2)N(C(=O)CCl)c2ccc(-c3cnco3)cc2)CC1. The van der Waals surface area contributed by atoms with E-state index >= 15 is 0 Å². The molecule has 204 valence electrons. The second kappa shape index (κ2) is 12.1. The van der Waals surface area contributed by atoms with Gasteiger partial charge in [0.25, 0.3) is 0 Å². The van der Waals surface area contributed by atoms with Crippen molar-refractivity contribution < 1.29 is 14.0 Å². The molecule has 0 spiro atoms. The van der Waals surface area contributed by atoms with Gasteiger partial charge in [-0.05, 0) is 56.0 Å². The highest BCUT2D eigenvalue weighted by atomic mass is 35.5. The standard InChI is InChI=1S/C28H27ClN8O3/c29-14-25(38)37(23-4-2-20(3-5-23)24-17-33-19-40-24)26(21-15-31-18-32-16-21)27(39)35-22-6-8-28(9-7-22,10-11-30)36-13-1-12-34-36/h1-5,12-13,15-19,22,26H,6-10,14H2,(H,35,39)/t22?,26-,28?/m1/s1. The number of alkyl halides is 1. The molecule has 11 nitrogen and oxygen atoms in total. The molecule has 1 aromatic carbocycles. The van der Waals surface area contributed by atoms with Crippen molar-refractivity contribution in [2.45, 2.75) is 49.7 Å². The quantitative estimate of drug-likeness (QED) is 0.303. The van der Waals surface area contributed by atoms with Crippen molar-refractivity contribution in [3.63, 3.8) is 0 Å². The lowest BCUT2D eigenvalue weighted by Gasteiger charge is -2.40. The molecular weight excluding hydrogens is 532 g/mol. The van der Waals surface area contributed by atoms with Crippen LogP contribution in [0.1, 0.15) is 43.7 Å². The normalized spacial score (nSPS) is 19.4. The fraction of sp³-hybridized carbons (Fsp3) is 0.321. The smallest absolute Gasteiger partial charge is 0.248 e. The van der Waals surface area contributed by atoms with Crippen LogP contribution in [-0.2, 0) is 15.1 Å². The maximum absolute atomic E-state index is 13.9. The van der Waals surface area contributed by atoms with E-state index in [2.05, 4.69) is 31.4 Å². The van der Waals surface area contributed by atoms with Gasteiger partial charge in [0, 0.05) is 47.6 Å². The molecule has 4 aromatic rings. The van der Waals surface area contributed by atoms with Crippen molar-refractivity contribution in [3.05, 3.63) is 79.6 Å². The Morgan fingerprint density at radius 1 is 1.18 bits per heavy atom. The van der Waals surface area contributed by atoms with Crippen LogP contribution in [0.15, 0.2) is 78.5 Å². The van der Waals surface area contributed by atoms with Crippen molar-refractivity contribution in [2.75, 3.05) is 10.8 Å². The lowest BCUT2D eigenvalue weighted by molar-refractivity contribution is -0.126. The Bertz CT molecular complexity index is 1450. The number of amides is 2. The van der Waals surface area contributed by atoms with Crippen molar-refractivity contribution in [1.29, 1.82) is 5.26 Å². The van der Waals surface area contributed by atoms with Gasteiger partial charge in [0.05, 0.1) is 24.2 Å². The van der Waals surface area contributed by atoms with Gasteiger partial charge in [-0.2, -0.15) is 10.4 Å². The zero-order chi connectivity index (χ0) is 28.0. The van der Waals surface area contributed by atoms with Gasteiger partial charge in [0.2, 0.25) is 11.8 Å². The van der Waals surface area contributed by atoms with Crippen molar-refractivity contribution in [3.8, 4) is 17.4 Å².